The molecule has 2 nitrogen and oxygen atoms in total. The van der Waals surface area contributed by atoms with Crippen LogP contribution in [-0.2, 0) is 0 Å². The molecule has 0 spiro atoms. The van der Waals surface area contributed by atoms with Gasteiger partial charge < -0.3 is 0 Å². The van der Waals surface area contributed by atoms with Crippen LogP contribution in [0.5, 0.6) is 0 Å². The summed E-state index contributed by atoms with van der Waals surface area (Å²) in [6.07, 6.45) is 1.83. The Balaban J connectivity index is 1.91. The van der Waals surface area contributed by atoms with Gasteiger partial charge in [0.25, 0.3) is 0 Å². The number of benzene rings is 2. The van der Waals surface area contributed by atoms with Crippen LogP contribution in [0.25, 0.3) is 0 Å². The fourth-order valence-electron chi connectivity index (χ4n) is 2.49. The van der Waals surface area contributed by atoms with E-state index in [1.807, 2.05) is 43.5 Å². The number of hydrogen-bond acceptors (Lipinski definition) is 3. The van der Waals surface area contributed by atoms with Crippen LogP contribution in [0.4, 0.5) is 5.69 Å². The molecule has 120 valence electrons. The van der Waals surface area contributed by atoms with E-state index in [1.54, 1.807) is 11.8 Å². The third-order valence-electron chi connectivity index (χ3n) is 3.73. The van der Waals surface area contributed by atoms with E-state index < -0.39 is 0 Å². The lowest BCUT2D eigenvalue weighted by Crippen LogP contribution is -1.89. The first-order chi connectivity index (χ1) is 11.6. The first kappa shape index (κ1) is 16.5. The maximum atomic E-state index is 4.66. The van der Waals surface area contributed by atoms with E-state index in [1.165, 1.54) is 16.0 Å². The number of aromatic nitrogens is 1. The van der Waals surface area contributed by atoms with Crippen LogP contribution in [0.1, 0.15) is 22.5 Å². The van der Waals surface area contributed by atoms with E-state index in [2.05, 4.69) is 54.2 Å². The zero-order valence-electron chi connectivity index (χ0n) is 14.2. The van der Waals surface area contributed by atoms with Crippen molar-refractivity contribution < 1.29 is 0 Å². The van der Waals surface area contributed by atoms with E-state index in [0.717, 1.165) is 22.0 Å². The summed E-state index contributed by atoms with van der Waals surface area (Å²) in [6, 6.07) is 20.6. The summed E-state index contributed by atoms with van der Waals surface area (Å²) in [5, 5.41) is 0. The van der Waals surface area contributed by atoms with Gasteiger partial charge in [-0.05, 0) is 56.2 Å². The van der Waals surface area contributed by atoms with Crippen molar-refractivity contribution in [2.45, 2.75) is 30.6 Å². The Morgan fingerprint density at radius 3 is 2.29 bits per heavy atom. The van der Waals surface area contributed by atoms with Crippen molar-refractivity contribution >= 4 is 23.7 Å². The molecule has 0 fully saturated rings. The summed E-state index contributed by atoms with van der Waals surface area (Å²) in [6.45, 7) is 6.29. The molecule has 1 aromatic heterocycles. The topological polar surface area (TPSA) is 25.2 Å². The van der Waals surface area contributed by atoms with Crippen molar-refractivity contribution in [2.24, 2.45) is 4.99 Å². The van der Waals surface area contributed by atoms with Crippen LogP contribution in [0.3, 0.4) is 0 Å². The molecule has 0 aliphatic rings. The number of para-hydroxylation sites is 1. The number of hydrogen-bond donors (Lipinski definition) is 0. The van der Waals surface area contributed by atoms with Crippen molar-refractivity contribution in [1.82, 2.24) is 4.98 Å². The maximum absolute atomic E-state index is 4.66. The van der Waals surface area contributed by atoms with E-state index in [9.17, 15) is 0 Å². The molecule has 3 rings (SSSR count). The minimum atomic E-state index is 0.877. The summed E-state index contributed by atoms with van der Waals surface area (Å²) < 4.78 is 0. The molecule has 1 heterocycles. The zero-order valence-corrected chi connectivity index (χ0v) is 15.0. The molecular weight excluding hydrogens is 312 g/mol. The Morgan fingerprint density at radius 1 is 0.833 bits per heavy atom. The third kappa shape index (κ3) is 3.92. The van der Waals surface area contributed by atoms with Gasteiger partial charge >= 0.3 is 0 Å². The molecule has 0 aliphatic heterocycles. The van der Waals surface area contributed by atoms with Crippen molar-refractivity contribution in [3.05, 3.63) is 83.2 Å². The predicted octanol–water partition coefficient (Wildman–Crippen LogP) is 5.91. The number of pyridine rings is 1. The standard InChI is InChI=1S/C21H20N2S/c1-15-8-6-9-16(2)21(15)24-20-13-5-4-12-19(20)22-14-18-11-7-10-17(3)23-18/h4-14H,1-3H3. The molecule has 0 saturated carbocycles. The summed E-state index contributed by atoms with van der Waals surface area (Å²) >= 11 is 1.77. The average molecular weight is 332 g/mol. The molecule has 0 aliphatic carbocycles. The second-order valence-corrected chi connectivity index (χ2v) is 6.80. The van der Waals surface area contributed by atoms with Crippen LogP contribution >= 0.6 is 11.8 Å². The van der Waals surface area contributed by atoms with Crippen LogP contribution in [-0.4, -0.2) is 11.2 Å². The molecule has 0 N–H and O–H groups in total. The smallest absolute Gasteiger partial charge is 0.0815 e. The maximum Gasteiger partial charge on any atom is 0.0815 e. The van der Waals surface area contributed by atoms with Crippen molar-refractivity contribution in [3.8, 4) is 0 Å². The minimum absolute atomic E-state index is 0.877. The van der Waals surface area contributed by atoms with Gasteiger partial charge in [0.15, 0.2) is 0 Å². The molecule has 0 saturated heterocycles. The fraction of sp³-hybridized carbons (Fsp3) is 0.143. The minimum Gasteiger partial charge on any atom is -0.253 e. The summed E-state index contributed by atoms with van der Waals surface area (Å²) in [5.41, 5.74) is 5.42. The van der Waals surface area contributed by atoms with Gasteiger partial charge in [0, 0.05) is 15.5 Å². The Bertz CT molecular complexity index is 864. The SMILES string of the molecule is Cc1cccc(C=Nc2ccccc2Sc2c(C)cccc2C)n1. The molecule has 0 radical (unpaired) electrons. The molecule has 3 aromatic rings. The molecular formula is C21H20N2S. The molecule has 0 unspecified atom stereocenters. The highest BCUT2D eigenvalue weighted by Gasteiger charge is 2.07. The highest BCUT2D eigenvalue weighted by molar-refractivity contribution is 7.99. The quantitative estimate of drug-likeness (QED) is 0.555. The summed E-state index contributed by atoms with van der Waals surface area (Å²) in [4.78, 5) is 11.6. The van der Waals surface area contributed by atoms with Gasteiger partial charge in [0.05, 0.1) is 17.6 Å². The zero-order chi connectivity index (χ0) is 16.9. The van der Waals surface area contributed by atoms with Gasteiger partial charge in [-0.3, -0.25) is 9.98 Å². The predicted molar refractivity (Wildman–Crippen MR) is 103 cm³/mol. The third-order valence-corrected chi connectivity index (χ3v) is 5.15. The highest BCUT2D eigenvalue weighted by Crippen LogP contribution is 2.38. The van der Waals surface area contributed by atoms with Gasteiger partial charge in [-0.25, -0.2) is 0 Å². The summed E-state index contributed by atoms with van der Waals surface area (Å²) in [7, 11) is 0. The fourth-order valence-corrected chi connectivity index (χ4v) is 3.54. The Kier molecular flexibility index (Phi) is 5.11. The first-order valence-electron chi connectivity index (χ1n) is 7.94. The lowest BCUT2D eigenvalue weighted by molar-refractivity contribution is 1.18. The molecule has 0 atom stereocenters. The van der Waals surface area contributed by atoms with Crippen molar-refractivity contribution in [1.29, 1.82) is 0 Å². The van der Waals surface area contributed by atoms with E-state index in [4.69, 9.17) is 0 Å². The first-order valence-corrected chi connectivity index (χ1v) is 8.76. The second-order valence-electron chi connectivity index (χ2n) is 5.75. The number of rotatable bonds is 4. The van der Waals surface area contributed by atoms with Gasteiger partial charge in [-0.15, -0.1) is 0 Å². The van der Waals surface area contributed by atoms with Crippen molar-refractivity contribution in [3.63, 3.8) is 0 Å². The Labute approximate surface area is 147 Å². The van der Waals surface area contributed by atoms with Crippen LogP contribution in [0, 0.1) is 20.8 Å². The largest absolute Gasteiger partial charge is 0.253 e. The molecule has 3 heteroatoms. The van der Waals surface area contributed by atoms with Gasteiger partial charge in [-0.2, -0.15) is 0 Å². The van der Waals surface area contributed by atoms with Crippen LogP contribution in [0.15, 0.2) is 75.4 Å². The molecule has 2 aromatic carbocycles. The number of aliphatic imine (C=N–C) groups is 1. The lowest BCUT2D eigenvalue weighted by atomic mass is 10.2. The summed E-state index contributed by atoms with van der Waals surface area (Å²) in [5.74, 6) is 0. The lowest BCUT2D eigenvalue weighted by Gasteiger charge is -2.10. The Morgan fingerprint density at radius 2 is 1.54 bits per heavy atom. The van der Waals surface area contributed by atoms with Crippen LogP contribution in [0.2, 0.25) is 0 Å². The Hall–Kier alpha value is -2.39. The number of nitrogens with zero attached hydrogens (tertiary/aromatic N) is 2. The second kappa shape index (κ2) is 7.45. The van der Waals surface area contributed by atoms with Gasteiger partial charge in [0.1, 0.15) is 0 Å². The van der Waals surface area contributed by atoms with Gasteiger partial charge in [-0.1, -0.05) is 48.2 Å². The van der Waals surface area contributed by atoms with Crippen molar-refractivity contribution in [2.75, 3.05) is 0 Å². The molecule has 0 amide bonds. The van der Waals surface area contributed by atoms with E-state index in [-0.39, 0.29) is 0 Å². The monoisotopic (exact) mass is 332 g/mol. The van der Waals surface area contributed by atoms with Gasteiger partial charge in [0.2, 0.25) is 0 Å². The van der Waals surface area contributed by atoms with E-state index >= 15 is 0 Å². The molecule has 24 heavy (non-hydrogen) atoms. The van der Waals surface area contributed by atoms with E-state index in [0.29, 0.717) is 0 Å². The number of aryl methyl sites for hydroxylation is 3. The average Bonchev–Trinajstić information content (AvgIpc) is 2.57. The normalized spacial score (nSPS) is 11.1. The molecule has 0 bridgehead atoms. The van der Waals surface area contributed by atoms with Crippen LogP contribution < -0.4 is 0 Å². The highest BCUT2D eigenvalue weighted by atomic mass is 32.2.